The third-order valence-electron chi connectivity index (χ3n) is 4.06. The molecule has 1 saturated heterocycles. The summed E-state index contributed by atoms with van der Waals surface area (Å²) >= 11 is 1.48. The molecule has 0 bridgehead atoms. The van der Waals surface area contributed by atoms with Crippen LogP contribution in [-0.4, -0.2) is 43.8 Å². The van der Waals surface area contributed by atoms with Gasteiger partial charge in [-0.05, 0) is 55.5 Å². The molecule has 2 amide bonds. The van der Waals surface area contributed by atoms with Crippen molar-refractivity contribution in [3.05, 3.63) is 48.5 Å². The minimum Gasteiger partial charge on any atom is -0.494 e. The van der Waals surface area contributed by atoms with Crippen molar-refractivity contribution in [2.24, 2.45) is 0 Å². The second kappa shape index (κ2) is 9.32. The van der Waals surface area contributed by atoms with Gasteiger partial charge in [-0.1, -0.05) is 0 Å². The molecule has 1 heterocycles. The van der Waals surface area contributed by atoms with E-state index in [-0.39, 0.29) is 11.8 Å². The van der Waals surface area contributed by atoms with Crippen molar-refractivity contribution < 1.29 is 14.3 Å². The van der Waals surface area contributed by atoms with Gasteiger partial charge < -0.3 is 20.3 Å². The molecule has 0 aromatic heterocycles. The summed E-state index contributed by atoms with van der Waals surface area (Å²) in [4.78, 5) is 26.7. The van der Waals surface area contributed by atoms with Crippen molar-refractivity contribution in [3.63, 3.8) is 0 Å². The number of rotatable bonds is 7. The van der Waals surface area contributed by atoms with Crippen LogP contribution in [0.4, 0.5) is 11.4 Å². The van der Waals surface area contributed by atoms with Gasteiger partial charge in [-0.2, -0.15) is 0 Å². The summed E-state index contributed by atoms with van der Waals surface area (Å²) in [5.74, 6) is 1.14. The SMILES string of the molecule is CCOc1ccc(SCC(=O)Nc2ccc(N3CCNC(=O)C3)cc2)cc1. The van der Waals surface area contributed by atoms with Gasteiger partial charge in [-0.3, -0.25) is 9.59 Å². The van der Waals surface area contributed by atoms with Crippen LogP contribution in [0, 0.1) is 0 Å². The Morgan fingerprint density at radius 1 is 1.19 bits per heavy atom. The van der Waals surface area contributed by atoms with Gasteiger partial charge in [0.1, 0.15) is 5.75 Å². The van der Waals surface area contributed by atoms with E-state index in [9.17, 15) is 9.59 Å². The monoisotopic (exact) mass is 385 g/mol. The first kappa shape index (κ1) is 19.1. The molecule has 0 saturated carbocycles. The Bertz CT molecular complexity index is 778. The molecule has 2 N–H and O–H groups in total. The Hall–Kier alpha value is -2.67. The Morgan fingerprint density at radius 2 is 1.93 bits per heavy atom. The normalized spacial score (nSPS) is 13.8. The van der Waals surface area contributed by atoms with Gasteiger partial charge in [0.25, 0.3) is 0 Å². The second-order valence-electron chi connectivity index (χ2n) is 6.06. The molecule has 1 aliphatic heterocycles. The number of carbonyl (C=O) groups is 2. The lowest BCUT2D eigenvalue weighted by Crippen LogP contribution is -2.47. The summed E-state index contributed by atoms with van der Waals surface area (Å²) in [6.07, 6.45) is 0. The predicted octanol–water partition coefficient (Wildman–Crippen LogP) is 2.75. The summed E-state index contributed by atoms with van der Waals surface area (Å²) < 4.78 is 5.41. The highest BCUT2D eigenvalue weighted by molar-refractivity contribution is 8.00. The summed E-state index contributed by atoms with van der Waals surface area (Å²) in [5.41, 5.74) is 1.73. The zero-order valence-electron chi connectivity index (χ0n) is 15.2. The van der Waals surface area contributed by atoms with Gasteiger partial charge in [0.2, 0.25) is 11.8 Å². The van der Waals surface area contributed by atoms with Gasteiger partial charge in [0.15, 0.2) is 0 Å². The Labute approximate surface area is 163 Å². The first-order valence-corrected chi connectivity index (χ1v) is 9.90. The molecule has 6 nitrogen and oxygen atoms in total. The van der Waals surface area contributed by atoms with Crippen LogP contribution in [0.3, 0.4) is 0 Å². The Kier molecular flexibility index (Phi) is 6.59. The highest BCUT2D eigenvalue weighted by Gasteiger charge is 2.16. The van der Waals surface area contributed by atoms with Gasteiger partial charge in [0, 0.05) is 29.4 Å². The van der Waals surface area contributed by atoms with Crippen LogP contribution in [0.1, 0.15) is 6.92 Å². The van der Waals surface area contributed by atoms with E-state index in [0.717, 1.165) is 28.6 Å². The number of nitrogens with one attached hydrogen (secondary N) is 2. The van der Waals surface area contributed by atoms with Crippen molar-refractivity contribution in [2.45, 2.75) is 11.8 Å². The average molecular weight is 385 g/mol. The molecule has 0 unspecified atom stereocenters. The highest BCUT2D eigenvalue weighted by Crippen LogP contribution is 2.22. The van der Waals surface area contributed by atoms with Crippen LogP contribution in [0.2, 0.25) is 0 Å². The first-order valence-electron chi connectivity index (χ1n) is 8.91. The molecule has 0 aliphatic carbocycles. The molecule has 1 aliphatic rings. The highest BCUT2D eigenvalue weighted by atomic mass is 32.2. The van der Waals surface area contributed by atoms with E-state index < -0.39 is 0 Å². The zero-order chi connectivity index (χ0) is 19.1. The molecule has 3 rings (SSSR count). The smallest absolute Gasteiger partial charge is 0.239 e. The van der Waals surface area contributed by atoms with Crippen molar-refractivity contribution in [3.8, 4) is 5.75 Å². The third kappa shape index (κ3) is 5.65. The van der Waals surface area contributed by atoms with Gasteiger partial charge in [-0.25, -0.2) is 0 Å². The number of anilines is 2. The fraction of sp³-hybridized carbons (Fsp3) is 0.300. The Balaban J connectivity index is 1.48. The quantitative estimate of drug-likeness (QED) is 0.717. The third-order valence-corrected chi connectivity index (χ3v) is 5.07. The first-order chi connectivity index (χ1) is 13.1. The second-order valence-corrected chi connectivity index (χ2v) is 7.11. The number of carbonyl (C=O) groups excluding carboxylic acids is 2. The molecular weight excluding hydrogens is 362 g/mol. The number of nitrogens with zero attached hydrogens (tertiary/aromatic N) is 1. The maximum absolute atomic E-state index is 12.2. The summed E-state index contributed by atoms with van der Waals surface area (Å²) in [5, 5.41) is 5.71. The number of benzene rings is 2. The molecule has 2 aromatic carbocycles. The van der Waals surface area contributed by atoms with Crippen LogP contribution in [0.5, 0.6) is 5.75 Å². The maximum atomic E-state index is 12.2. The molecule has 0 radical (unpaired) electrons. The molecule has 1 fully saturated rings. The predicted molar refractivity (Wildman–Crippen MR) is 109 cm³/mol. The van der Waals surface area contributed by atoms with Crippen LogP contribution in [0.25, 0.3) is 0 Å². The summed E-state index contributed by atoms with van der Waals surface area (Å²) in [6.45, 7) is 4.39. The van der Waals surface area contributed by atoms with E-state index >= 15 is 0 Å². The number of ether oxygens (including phenoxy) is 1. The minimum atomic E-state index is -0.0565. The number of hydrogen-bond donors (Lipinski definition) is 2. The molecule has 142 valence electrons. The van der Waals surface area contributed by atoms with Gasteiger partial charge >= 0.3 is 0 Å². The lowest BCUT2D eigenvalue weighted by Gasteiger charge is -2.28. The largest absolute Gasteiger partial charge is 0.494 e. The van der Waals surface area contributed by atoms with E-state index in [1.807, 2.05) is 60.4 Å². The Morgan fingerprint density at radius 3 is 2.59 bits per heavy atom. The van der Waals surface area contributed by atoms with Gasteiger partial charge in [0.05, 0.1) is 18.9 Å². The van der Waals surface area contributed by atoms with E-state index in [2.05, 4.69) is 10.6 Å². The maximum Gasteiger partial charge on any atom is 0.239 e. The number of thioether (sulfide) groups is 1. The van der Waals surface area contributed by atoms with Gasteiger partial charge in [-0.15, -0.1) is 11.8 Å². The minimum absolute atomic E-state index is 0.0324. The molecule has 27 heavy (non-hydrogen) atoms. The number of piperazine rings is 1. The van der Waals surface area contributed by atoms with Crippen LogP contribution >= 0.6 is 11.8 Å². The topological polar surface area (TPSA) is 70.7 Å². The van der Waals surface area contributed by atoms with E-state index in [1.165, 1.54) is 11.8 Å². The van der Waals surface area contributed by atoms with E-state index in [0.29, 0.717) is 25.4 Å². The summed E-state index contributed by atoms with van der Waals surface area (Å²) in [6, 6.07) is 15.3. The molecule has 0 spiro atoms. The standard InChI is InChI=1S/C20H23N3O3S/c1-2-26-17-7-9-18(10-8-17)27-14-20(25)22-15-3-5-16(6-4-15)23-12-11-21-19(24)13-23/h3-10H,2,11-14H2,1H3,(H,21,24)(H,22,25). The fourth-order valence-electron chi connectivity index (χ4n) is 2.76. The number of hydrogen-bond acceptors (Lipinski definition) is 5. The fourth-order valence-corrected chi connectivity index (χ4v) is 3.46. The average Bonchev–Trinajstić information content (AvgIpc) is 2.68. The van der Waals surface area contributed by atoms with Crippen molar-refractivity contribution in [1.29, 1.82) is 0 Å². The van der Waals surface area contributed by atoms with E-state index in [4.69, 9.17) is 4.74 Å². The van der Waals surface area contributed by atoms with Crippen molar-refractivity contribution >= 4 is 35.0 Å². The van der Waals surface area contributed by atoms with E-state index in [1.54, 1.807) is 0 Å². The lowest BCUT2D eigenvalue weighted by atomic mass is 10.2. The zero-order valence-corrected chi connectivity index (χ0v) is 16.1. The van der Waals surface area contributed by atoms with Crippen LogP contribution in [-0.2, 0) is 9.59 Å². The molecule has 7 heteroatoms. The van der Waals surface area contributed by atoms with Crippen molar-refractivity contribution in [1.82, 2.24) is 5.32 Å². The molecular formula is C20H23N3O3S. The van der Waals surface area contributed by atoms with Crippen LogP contribution < -0.4 is 20.3 Å². The number of amides is 2. The van der Waals surface area contributed by atoms with Crippen molar-refractivity contribution in [2.75, 3.05) is 42.2 Å². The summed E-state index contributed by atoms with van der Waals surface area (Å²) in [7, 11) is 0. The lowest BCUT2D eigenvalue weighted by molar-refractivity contribution is -0.120. The molecule has 2 aromatic rings. The van der Waals surface area contributed by atoms with Crippen LogP contribution in [0.15, 0.2) is 53.4 Å². The molecule has 0 atom stereocenters.